The molecule has 0 spiro atoms. The van der Waals surface area contributed by atoms with Crippen LogP contribution in [0.4, 0.5) is 8.78 Å². The molecule has 0 unspecified atom stereocenters. The van der Waals surface area contributed by atoms with E-state index in [9.17, 15) is 8.78 Å². The molecule has 3 heterocycles. The van der Waals surface area contributed by atoms with E-state index < -0.39 is 5.82 Å². The van der Waals surface area contributed by atoms with Gasteiger partial charge in [0.05, 0.1) is 5.69 Å². The van der Waals surface area contributed by atoms with Gasteiger partial charge in [0.2, 0.25) is 0 Å². The molecule has 2 aromatic heterocycles. The van der Waals surface area contributed by atoms with Crippen LogP contribution in [0.25, 0.3) is 5.65 Å². The predicted octanol–water partition coefficient (Wildman–Crippen LogP) is 3.09. The molecule has 25 heavy (non-hydrogen) atoms. The smallest absolute Gasteiger partial charge is 0.177 e. The van der Waals surface area contributed by atoms with Crippen LogP contribution in [0.3, 0.4) is 0 Å². The van der Waals surface area contributed by atoms with Gasteiger partial charge >= 0.3 is 0 Å². The molecule has 1 aliphatic rings. The Morgan fingerprint density at radius 3 is 2.68 bits per heavy atom. The second-order valence-corrected chi connectivity index (χ2v) is 6.59. The van der Waals surface area contributed by atoms with Crippen LogP contribution in [0.2, 0.25) is 0 Å². The molecule has 0 amide bonds. The number of halogens is 2. The van der Waals surface area contributed by atoms with Crippen molar-refractivity contribution in [3.63, 3.8) is 0 Å². The van der Waals surface area contributed by atoms with Crippen LogP contribution in [-0.4, -0.2) is 37.8 Å². The topological polar surface area (TPSA) is 46.3 Å². The van der Waals surface area contributed by atoms with Crippen LogP contribution < -0.4 is 0 Å². The number of aromatic nitrogens is 4. The van der Waals surface area contributed by atoms with E-state index in [-0.39, 0.29) is 11.7 Å². The molecule has 0 radical (unpaired) electrons. The van der Waals surface area contributed by atoms with Crippen LogP contribution in [0.15, 0.2) is 30.3 Å². The Balaban J connectivity index is 1.46. The predicted molar refractivity (Wildman–Crippen MR) is 89.1 cm³/mol. The van der Waals surface area contributed by atoms with Gasteiger partial charge in [-0.3, -0.25) is 4.90 Å². The maximum absolute atomic E-state index is 13.8. The molecule has 4 rings (SSSR count). The van der Waals surface area contributed by atoms with Crippen molar-refractivity contribution in [2.75, 3.05) is 13.1 Å². The standard InChI is InChI=1S/C18H19F2N5/c1-12-2-5-17-21-22-18(25(17)23-12)13-6-8-24(9-7-13)11-14-10-15(19)3-4-16(14)20/h2-5,10,13H,6-9,11H2,1H3. The van der Waals surface area contributed by atoms with E-state index in [0.717, 1.165) is 49.2 Å². The fraction of sp³-hybridized carbons (Fsp3) is 0.389. The van der Waals surface area contributed by atoms with Gasteiger partial charge < -0.3 is 0 Å². The third-order valence-electron chi connectivity index (χ3n) is 4.77. The Morgan fingerprint density at radius 1 is 1.08 bits per heavy atom. The van der Waals surface area contributed by atoms with Gasteiger partial charge in [-0.2, -0.15) is 9.61 Å². The molecule has 0 bridgehead atoms. The van der Waals surface area contributed by atoms with E-state index in [0.29, 0.717) is 12.1 Å². The Hall–Kier alpha value is -2.41. The molecule has 3 aromatic rings. The van der Waals surface area contributed by atoms with Crippen LogP contribution in [0, 0.1) is 18.6 Å². The summed E-state index contributed by atoms with van der Waals surface area (Å²) in [6.45, 7) is 3.98. The zero-order chi connectivity index (χ0) is 17.4. The third-order valence-corrected chi connectivity index (χ3v) is 4.77. The fourth-order valence-corrected chi connectivity index (χ4v) is 3.41. The number of rotatable bonds is 3. The highest BCUT2D eigenvalue weighted by Crippen LogP contribution is 2.28. The van der Waals surface area contributed by atoms with E-state index in [1.54, 1.807) is 0 Å². The summed E-state index contributed by atoms with van der Waals surface area (Å²) < 4.78 is 29.0. The second-order valence-electron chi connectivity index (χ2n) is 6.59. The molecule has 0 atom stereocenters. The van der Waals surface area contributed by atoms with E-state index in [4.69, 9.17) is 0 Å². The number of aryl methyl sites for hydroxylation is 1. The highest BCUT2D eigenvalue weighted by Gasteiger charge is 2.25. The highest BCUT2D eigenvalue weighted by atomic mass is 19.1. The lowest BCUT2D eigenvalue weighted by Crippen LogP contribution is -2.33. The number of hydrogen-bond donors (Lipinski definition) is 0. The van der Waals surface area contributed by atoms with Crippen molar-refractivity contribution < 1.29 is 8.78 Å². The van der Waals surface area contributed by atoms with Crippen LogP contribution in [-0.2, 0) is 6.54 Å². The van der Waals surface area contributed by atoms with Crippen LogP contribution in [0.5, 0.6) is 0 Å². The molecule has 0 aliphatic carbocycles. The van der Waals surface area contributed by atoms with Crippen molar-refractivity contribution in [2.24, 2.45) is 0 Å². The lowest BCUT2D eigenvalue weighted by molar-refractivity contribution is 0.198. The van der Waals surface area contributed by atoms with Gasteiger partial charge in [0.15, 0.2) is 11.5 Å². The summed E-state index contributed by atoms with van der Waals surface area (Å²) >= 11 is 0. The summed E-state index contributed by atoms with van der Waals surface area (Å²) in [5, 5.41) is 13.0. The van der Waals surface area contributed by atoms with Gasteiger partial charge in [-0.05, 0) is 63.2 Å². The molecule has 1 aromatic carbocycles. The molecule has 1 aliphatic heterocycles. The van der Waals surface area contributed by atoms with Crippen molar-refractivity contribution in [3.05, 3.63) is 59.0 Å². The molecule has 5 nitrogen and oxygen atoms in total. The number of piperidine rings is 1. The van der Waals surface area contributed by atoms with Crippen molar-refractivity contribution in [1.29, 1.82) is 0 Å². The average molecular weight is 343 g/mol. The minimum absolute atomic E-state index is 0.276. The van der Waals surface area contributed by atoms with Crippen molar-refractivity contribution in [2.45, 2.75) is 32.2 Å². The lowest BCUT2D eigenvalue weighted by atomic mass is 9.95. The Kier molecular flexibility index (Phi) is 4.17. The summed E-state index contributed by atoms with van der Waals surface area (Å²) in [4.78, 5) is 2.15. The molecule has 1 saturated heterocycles. The first-order valence-corrected chi connectivity index (χ1v) is 8.45. The van der Waals surface area contributed by atoms with E-state index >= 15 is 0 Å². The van der Waals surface area contributed by atoms with Gasteiger partial charge in [0.1, 0.15) is 11.6 Å². The molecule has 0 saturated carbocycles. The number of nitrogens with zero attached hydrogens (tertiary/aromatic N) is 5. The fourth-order valence-electron chi connectivity index (χ4n) is 3.41. The van der Waals surface area contributed by atoms with Crippen LogP contribution in [0.1, 0.15) is 35.8 Å². The quantitative estimate of drug-likeness (QED) is 0.733. The van der Waals surface area contributed by atoms with E-state index in [2.05, 4.69) is 20.2 Å². The van der Waals surface area contributed by atoms with Crippen molar-refractivity contribution in [3.8, 4) is 0 Å². The van der Waals surface area contributed by atoms with E-state index in [1.165, 1.54) is 12.1 Å². The van der Waals surface area contributed by atoms with Gasteiger partial charge in [-0.25, -0.2) is 8.78 Å². The summed E-state index contributed by atoms with van der Waals surface area (Å²) in [6.07, 6.45) is 1.79. The summed E-state index contributed by atoms with van der Waals surface area (Å²) in [5.74, 6) is 0.405. The first kappa shape index (κ1) is 16.1. The molecule has 1 fully saturated rings. The monoisotopic (exact) mass is 343 g/mol. The molecular formula is C18H19F2N5. The highest BCUT2D eigenvalue weighted by molar-refractivity contribution is 5.36. The largest absolute Gasteiger partial charge is 0.299 e. The number of fused-ring (bicyclic) bond motifs is 1. The first-order chi connectivity index (χ1) is 12.1. The van der Waals surface area contributed by atoms with Gasteiger partial charge in [-0.15, -0.1) is 10.2 Å². The Bertz CT molecular complexity index is 900. The van der Waals surface area contributed by atoms with Gasteiger partial charge in [-0.1, -0.05) is 0 Å². The number of benzene rings is 1. The zero-order valence-electron chi connectivity index (χ0n) is 14.0. The number of hydrogen-bond acceptors (Lipinski definition) is 4. The lowest BCUT2D eigenvalue weighted by Gasteiger charge is -2.31. The van der Waals surface area contributed by atoms with Gasteiger partial charge in [0.25, 0.3) is 0 Å². The number of likely N-dealkylation sites (tertiary alicyclic amines) is 1. The Labute approximate surface area is 144 Å². The zero-order valence-corrected chi connectivity index (χ0v) is 14.0. The third kappa shape index (κ3) is 3.24. The summed E-state index contributed by atoms with van der Waals surface area (Å²) in [5.41, 5.74) is 2.08. The SMILES string of the molecule is Cc1ccc2nnc(C3CCN(Cc4cc(F)ccc4F)CC3)n2n1. The maximum Gasteiger partial charge on any atom is 0.177 e. The Morgan fingerprint density at radius 2 is 1.88 bits per heavy atom. The minimum Gasteiger partial charge on any atom is -0.299 e. The molecular weight excluding hydrogens is 324 g/mol. The molecule has 0 N–H and O–H groups in total. The average Bonchev–Trinajstić information content (AvgIpc) is 3.02. The van der Waals surface area contributed by atoms with Crippen molar-refractivity contribution in [1.82, 2.24) is 24.7 Å². The first-order valence-electron chi connectivity index (χ1n) is 8.45. The summed E-state index contributed by atoms with van der Waals surface area (Å²) in [6, 6.07) is 7.45. The normalized spacial score (nSPS) is 16.6. The molecule has 130 valence electrons. The summed E-state index contributed by atoms with van der Waals surface area (Å²) in [7, 11) is 0. The van der Waals surface area contributed by atoms with Gasteiger partial charge in [0, 0.05) is 18.0 Å². The van der Waals surface area contributed by atoms with Crippen molar-refractivity contribution >= 4 is 5.65 Å². The van der Waals surface area contributed by atoms with Crippen LogP contribution >= 0.6 is 0 Å². The maximum atomic E-state index is 13.8. The second kappa shape index (κ2) is 6.48. The minimum atomic E-state index is -0.400. The molecule has 7 heteroatoms. The van der Waals surface area contributed by atoms with E-state index in [1.807, 2.05) is 23.6 Å².